The Kier molecular flexibility index (Phi) is 5.46. The molecule has 19 heavy (non-hydrogen) atoms. The fourth-order valence-corrected chi connectivity index (χ4v) is 2.56. The molecule has 0 aromatic heterocycles. The van der Waals surface area contributed by atoms with Crippen molar-refractivity contribution in [3.05, 3.63) is 23.8 Å². The third-order valence-electron chi connectivity index (χ3n) is 2.64. The van der Waals surface area contributed by atoms with Gasteiger partial charge in [0.05, 0.1) is 4.90 Å². The van der Waals surface area contributed by atoms with E-state index in [-0.39, 0.29) is 10.8 Å². The molecular formula is C12H19N3O3S. The minimum atomic E-state index is -3.53. The number of carbonyl (C=O) groups excluding carboxylic acids is 1. The molecule has 0 fully saturated rings. The fourth-order valence-electron chi connectivity index (χ4n) is 1.56. The molecule has 106 valence electrons. The number of nitrogens with one attached hydrogen (secondary N) is 2. The lowest BCUT2D eigenvalue weighted by Gasteiger charge is -2.10. The molecule has 0 aliphatic heterocycles. The Bertz CT molecular complexity index is 555. The number of aryl methyl sites for hydroxylation is 1. The second-order valence-electron chi connectivity index (χ2n) is 4.13. The second kappa shape index (κ2) is 6.65. The van der Waals surface area contributed by atoms with Crippen molar-refractivity contribution in [2.45, 2.75) is 24.7 Å². The summed E-state index contributed by atoms with van der Waals surface area (Å²) in [6.45, 7) is 2.14. The zero-order chi connectivity index (χ0) is 14.5. The van der Waals surface area contributed by atoms with Crippen LogP contribution in [0.1, 0.15) is 18.4 Å². The normalized spacial score (nSPS) is 11.3. The summed E-state index contributed by atoms with van der Waals surface area (Å²) in [6, 6.07) is 4.77. The van der Waals surface area contributed by atoms with E-state index in [2.05, 4.69) is 10.0 Å². The third kappa shape index (κ3) is 4.30. The predicted molar refractivity (Wildman–Crippen MR) is 74.3 cm³/mol. The number of hydrogen-bond acceptors (Lipinski definition) is 4. The van der Waals surface area contributed by atoms with Crippen LogP contribution in [0, 0.1) is 6.92 Å². The molecule has 0 saturated heterocycles. The molecule has 1 amide bonds. The summed E-state index contributed by atoms with van der Waals surface area (Å²) < 4.78 is 25.8. The molecule has 0 unspecified atom stereocenters. The molecule has 1 aromatic carbocycles. The molecule has 7 heteroatoms. The molecule has 0 heterocycles. The largest absolute Gasteiger partial charge is 0.330 e. The Morgan fingerprint density at radius 1 is 1.37 bits per heavy atom. The maximum absolute atomic E-state index is 11.8. The van der Waals surface area contributed by atoms with Gasteiger partial charge < -0.3 is 11.1 Å². The predicted octanol–water partition coefficient (Wildman–Crippen LogP) is 0.581. The van der Waals surface area contributed by atoms with Gasteiger partial charge in [-0.1, -0.05) is 6.07 Å². The summed E-state index contributed by atoms with van der Waals surface area (Å²) in [4.78, 5) is 11.7. The highest BCUT2D eigenvalue weighted by molar-refractivity contribution is 7.89. The number of anilines is 1. The number of hydrogen-bond donors (Lipinski definition) is 3. The minimum Gasteiger partial charge on any atom is -0.330 e. The van der Waals surface area contributed by atoms with Crippen molar-refractivity contribution in [2.75, 3.05) is 18.9 Å². The summed E-state index contributed by atoms with van der Waals surface area (Å²) in [7, 11) is -2.18. The van der Waals surface area contributed by atoms with Gasteiger partial charge in [0.25, 0.3) is 0 Å². The summed E-state index contributed by atoms with van der Waals surface area (Å²) in [5.41, 5.74) is 6.40. The Morgan fingerprint density at radius 3 is 2.63 bits per heavy atom. The van der Waals surface area contributed by atoms with Gasteiger partial charge in [-0.3, -0.25) is 4.79 Å². The molecule has 0 spiro atoms. The first-order valence-electron chi connectivity index (χ1n) is 5.95. The van der Waals surface area contributed by atoms with Gasteiger partial charge >= 0.3 is 0 Å². The molecule has 0 aliphatic carbocycles. The number of benzene rings is 1. The summed E-state index contributed by atoms with van der Waals surface area (Å²) in [5.74, 6) is -0.179. The van der Waals surface area contributed by atoms with Crippen LogP contribution in [0.4, 0.5) is 5.69 Å². The van der Waals surface area contributed by atoms with Crippen LogP contribution in [0.5, 0.6) is 0 Å². The van der Waals surface area contributed by atoms with Crippen molar-refractivity contribution in [1.29, 1.82) is 0 Å². The minimum absolute atomic E-state index is 0.159. The lowest BCUT2D eigenvalue weighted by atomic mass is 10.2. The van der Waals surface area contributed by atoms with Gasteiger partial charge in [0.15, 0.2) is 0 Å². The Hall–Kier alpha value is -1.44. The maximum atomic E-state index is 11.8. The van der Waals surface area contributed by atoms with Crippen molar-refractivity contribution >= 4 is 21.6 Å². The van der Waals surface area contributed by atoms with E-state index in [1.807, 2.05) is 0 Å². The van der Waals surface area contributed by atoms with E-state index in [1.54, 1.807) is 19.1 Å². The van der Waals surface area contributed by atoms with Crippen molar-refractivity contribution in [1.82, 2.24) is 4.72 Å². The van der Waals surface area contributed by atoms with Crippen LogP contribution < -0.4 is 15.8 Å². The lowest BCUT2D eigenvalue weighted by Crippen LogP contribution is -2.20. The SMILES string of the molecule is CNS(=O)(=O)c1cc(NC(=O)CCCN)ccc1C. The van der Waals surface area contributed by atoms with Crippen LogP contribution in [0.15, 0.2) is 23.1 Å². The zero-order valence-corrected chi connectivity index (χ0v) is 11.9. The molecule has 0 bridgehead atoms. The Labute approximate surface area is 113 Å². The summed E-state index contributed by atoms with van der Waals surface area (Å²) in [5, 5.41) is 2.65. The van der Waals surface area contributed by atoms with E-state index >= 15 is 0 Å². The number of sulfonamides is 1. The van der Waals surface area contributed by atoms with Crippen molar-refractivity contribution < 1.29 is 13.2 Å². The van der Waals surface area contributed by atoms with Crippen molar-refractivity contribution in [3.63, 3.8) is 0 Å². The molecule has 1 aromatic rings. The molecule has 0 saturated carbocycles. The maximum Gasteiger partial charge on any atom is 0.240 e. The van der Waals surface area contributed by atoms with Crippen LogP contribution in [0.25, 0.3) is 0 Å². The van der Waals surface area contributed by atoms with Crippen molar-refractivity contribution in [2.24, 2.45) is 5.73 Å². The summed E-state index contributed by atoms with van der Waals surface area (Å²) in [6.07, 6.45) is 0.915. The monoisotopic (exact) mass is 285 g/mol. The number of rotatable bonds is 6. The van der Waals surface area contributed by atoms with Crippen molar-refractivity contribution in [3.8, 4) is 0 Å². The van der Waals surface area contributed by atoms with Crippen LogP contribution in [0.3, 0.4) is 0 Å². The molecular weight excluding hydrogens is 266 g/mol. The van der Waals surface area contributed by atoms with Gasteiger partial charge in [0.2, 0.25) is 15.9 Å². The van der Waals surface area contributed by atoms with E-state index in [1.165, 1.54) is 13.1 Å². The number of amides is 1. The van der Waals surface area contributed by atoms with E-state index < -0.39 is 10.0 Å². The highest BCUT2D eigenvalue weighted by Crippen LogP contribution is 2.20. The smallest absolute Gasteiger partial charge is 0.240 e. The Morgan fingerprint density at radius 2 is 2.05 bits per heavy atom. The number of carbonyl (C=O) groups is 1. The molecule has 0 radical (unpaired) electrons. The first-order valence-corrected chi connectivity index (χ1v) is 7.43. The quantitative estimate of drug-likeness (QED) is 0.711. The Balaban J connectivity index is 2.94. The van der Waals surface area contributed by atoms with Gasteiger partial charge in [-0.2, -0.15) is 0 Å². The number of nitrogens with two attached hydrogens (primary N) is 1. The van der Waals surface area contributed by atoms with Crippen LogP contribution in [0.2, 0.25) is 0 Å². The summed E-state index contributed by atoms with van der Waals surface area (Å²) >= 11 is 0. The molecule has 1 rings (SSSR count). The first kappa shape index (κ1) is 15.6. The highest BCUT2D eigenvalue weighted by Gasteiger charge is 2.15. The second-order valence-corrected chi connectivity index (χ2v) is 5.98. The zero-order valence-electron chi connectivity index (χ0n) is 11.1. The van der Waals surface area contributed by atoms with E-state index in [9.17, 15) is 13.2 Å². The molecule has 4 N–H and O–H groups in total. The standard InChI is InChI=1S/C12H19N3O3S/c1-9-5-6-10(15-12(16)4-3-7-13)8-11(9)19(17,18)14-2/h5-6,8,14H,3-4,7,13H2,1-2H3,(H,15,16). The average molecular weight is 285 g/mol. The van der Waals surface area contributed by atoms with Gasteiger partial charge in [-0.25, -0.2) is 13.1 Å². The van der Waals surface area contributed by atoms with E-state index in [4.69, 9.17) is 5.73 Å². The molecule has 0 atom stereocenters. The van der Waals surface area contributed by atoms with Crippen LogP contribution in [-0.4, -0.2) is 27.9 Å². The lowest BCUT2D eigenvalue weighted by molar-refractivity contribution is -0.116. The topological polar surface area (TPSA) is 101 Å². The fraction of sp³-hybridized carbons (Fsp3) is 0.417. The molecule has 0 aliphatic rings. The molecule has 6 nitrogen and oxygen atoms in total. The van der Waals surface area contributed by atoms with E-state index in [0.717, 1.165) is 0 Å². The first-order chi connectivity index (χ1) is 8.90. The van der Waals surface area contributed by atoms with Gasteiger partial charge in [0.1, 0.15) is 0 Å². The van der Waals surface area contributed by atoms with Crippen LogP contribution >= 0.6 is 0 Å². The highest BCUT2D eigenvalue weighted by atomic mass is 32.2. The van der Waals surface area contributed by atoms with Gasteiger partial charge in [-0.05, 0) is 44.6 Å². The van der Waals surface area contributed by atoms with Crippen LogP contribution in [-0.2, 0) is 14.8 Å². The van der Waals surface area contributed by atoms with E-state index in [0.29, 0.717) is 30.6 Å². The third-order valence-corrected chi connectivity index (χ3v) is 4.19. The van der Waals surface area contributed by atoms with Gasteiger partial charge in [0, 0.05) is 12.1 Å². The average Bonchev–Trinajstić information content (AvgIpc) is 2.38. The van der Waals surface area contributed by atoms with Gasteiger partial charge in [-0.15, -0.1) is 0 Å².